The molecule has 1 aromatic rings. The SMILES string of the molecule is CCC(CC)C(CNC(=NC)NCc1ccc2c(c1)OCCCO2)N1CCOCC1.I. The Hall–Kier alpha value is -1.26. The van der Waals surface area contributed by atoms with E-state index >= 15 is 0 Å². The third-order valence-corrected chi connectivity index (χ3v) is 6.08. The molecular formula is C23H39IN4O3. The maximum absolute atomic E-state index is 5.81. The van der Waals surface area contributed by atoms with E-state index in [0.29, 0.717) is 31.7 Å². The van der Waals surface area contributed by atoms with Crippen LogP contribution in [0.5, 0.6) is 11.5 Å². The van der Waals surface area contributed by atoms with Crippen molar-refractivity contribution in [2.24, 2.45) is 10.9 Å². The van der Waals surface area contributed by atoms with E-state index in [4.69, 9.17) is 14.2 Å². The number of morpholine rings is 1. The molecule has 1 fully saturated rings. The van der Waals surface area contributed by atoms with Gasteiger partial charge in [0, 0.05) is 45.7 Å². The normalized spacial score (nSPS) is 18.1. The Morgan fingerprint density at radius 3 is 2.42 bits per heavy atom. The zero-order valence-corrected chi connectivity index (χ0v) is 21.5. The van der Waals surface area contributed by atoms with Crippen LogP contribution in [0.1, 0.15) is 38.7 Å². The lowest BCUT2D eigenvalue weighted by molar-refractivity contribution is 0.00272. The van der Waals surface area contributed by atoms with E-state index in [-0.39, 0.29) is 24.0 Å². The summed E-state index contributed by atoms with van der Waals surface area (Å²) in [5.41, 5.74) is 1.15. The van der Waals surface area contributed by atoms with Gasteiger partial charge in [0.2, 0.25) is 0 Å². The van der Waals surface area contributed by atoms with Gasteiger partial charge in [-0.1, -0.05) is 32.8 Å². The summed E-state index contributed by atoms with van der Waals surface area (Å²) in [6, 6.07) is 6.62. The summed E-state index contributed by atoms with van der Waals surface area (Å²) in [6.07, 6.45) is 3.28. The molecule has 7 nitrogen and oxygen atoms in total. The van der Waals surface area contributed by atoms with Crippen molar-refractivity contribution in [3.05, 3.63) is 23.8 Å². The van der Waals surface area contributed by atoms with Crippen LogP contribution >= 0.6 is 24.0 Å². The summed E-state index contributed by atoms with van der Waals surface area (Å²) < 4.78 is 17.1. The number of guanidine groups is 1. The minimum atomic E-state index is 0. The fourth-order valence-electron chi connectivity index (χ4n) is 4.26. The quantitative estimate of drug-likeness (QED) is 0.297. The van der Waals surface area contributed by atoms with Crippen molar-refractivity contribution in [1.82, 2.24) is 15.5 Å². The van der Waals surface area contributed by atoms with Gasteiger partial charge in [0.1, 0.15) is 0 Å². The van der Waals surface area contributed by atoms with Gasteiger partial charge < -0.3 is 24.8 Å². The van der Waals surface area contributed by atoms with E-state index in [1.165, 1.54) is 12.8 Å². The number of ether oxygens (including phenoxy) is 3. The van der Waals surface area contributed by atoms with Crippen molar-refractivity contribution in [2.75, 3.05) is 53.1 Å². The average molecular weight is 546 g/mol. The van der Waals surface area contributed by atoms with E-state index in [0.717, 1.165) is 62.3 Å². The molecule has 0 saturated carbocycles. The first-order chi connectivity index (χ1) is 14.7. The van der Waals surface area contributed by atoms with Gasteiger partial charge in [0.15, 0.2) is 17.5 Å². The molecule has 0 aromatic heterocycles. The zero-order chi connectivity index (χ0) is 21.2. The Kier molecular flexibility index (Phi) is 11.7. The van der Waals surface area contributed by atoms with Gasteiger partial charge in [-0.25, -0.2) is 0 Å². The third-order valence-electron chi connectivity index (χ3n) is 6.08. The highest BCUT2D eigenvalue weighted by atomic mass is 127. The van der Waals surface area contributed by atoms with Crippen molar-refractivity contribution in [3.63, 3.8) is 0 Å². The summed E-state index contributed by atoms with van der Waals surface area (Å²) in [5.74, 6) is 3.15. The number of halogens is 1. The smallest absolute Gasteiger partial charge is 0.191 e. The van der Waals surface area contributed by atoms with Gasteiger partial charge in [0.05, 0.1) is 26.4 Å². The van der Waals surface area contributed by atoms with Gasteiger partial charge >= 0.3 is 0 Å². The molecule has 0 aliphatic carbocycles. The Bertz CT molecular complexity index is 679. The molecule has 2 N–H and O–H groups in total. The number of nitrogens with one attached hydrogen (secondary N) is 2. The number of hydrogen-bond acceptors (Lipinski definition) is 5. The van der Waals surface area contributed by atoms with E-state index in [9.17, 15) is 0 Å². The number of nitrogens with zero attached hydrogens (tertiary/aromatic N) is 2. The molecule has 31 heavy (non-hydrogen) atoms. The van der Waals surface area contributed by atoms with Crippen molar-refractivity contribution < 1.29 is 14.2 Å². The second-order valence-electron chi connectivity index (χ2n) is 7.93. The predicted octanol–water partition coefficient (Wildman–Crippen LogP) is 3.27. The third kappa shape index (κ3) is 7.68. The van der Waals surface area contributed by atoms with Crippen LogP contribution < -0.4 is 20.1 Å². The van der Waals surface area contributed by atoms with Crippen LogP contribution in [0.25, 0.3) is 0 Å². The number of hydrogen-bond donors (Lipinski definition) is 2. The maximum atomic E-state index is 5.81. The molecule has 176 valence electrons. The van der Waals surface area contributed by atoms with Crippen LogP contribution in [0.2, 0.25) is 0 Å². The Morgan fingerprint density at radius 2 is 1.74 bits per heavy atom. The predicted molar refractivity (Wildman–Crippen MR) is 136 cm³/mol. The van der Waals surface area contributed by atoms with Crippen molar-refractivity contribution >= 4 is 29.9 Å². The fourth-order valence-corrected chi connectivity index (χ4v) is 4.26. The molecule has 2 aliphatic heterocycles. The minimum absolute atomic E-state index is 0. The Balaban J connectivity index is 0.00000341. The van der Waals surface area contributed by atoms with Gasteiger partial charge in [-0.15, -0.1) is 24.0 Å². The van der Waals surface area contributed by atoms with E-state index < -0.39 is 0 Å². The first-order valence-corrected chi connectivity index (χ1v) is 11.4. The maximum Gasteiger partial charge on any atom is 0.191 e. The number of benzene rings is 1. The number of fused-ring (bicyclic) bond motifs is 1. The second-order valence-corrected chi connectivity index (χ2v) is 7.93. The Labute approximate surface area is 204 Å². The molecule has 2 aliphatic rings. The molecule has 2 heterocycles. The monoisotopic (exact) mass is 546 g/mol. The average Bonchev–Trinajstić information content (AvgIpc) is 3.04. The summed E-state index contributed by atoms with van der Waals surface area (Å²) in [6.45, 7) is 11.2. The van der Waals surface area contributed by atoms with Crippen LogP contribution in [0.3, 0.4) is 0 Å². The summed E-state index contributed by atoms with van der Waals surface area (Å²) in [7, 11) is 1.82. The largest absolute Gasteiger partial charge is 0.490 e. The molecular weight excluding hydrogens is 507 g/mol. The van der Waals surface area contributed by atoms with E-state index in [2.05, 4.69) is 46.5 Å². The molecule has 1 atom stereocenters. The van der Waals surface area contributed by atoms with Crippen LogP contribution in [0.15, 0.2) is 23.2 Å². The lowest BCUT2D eigenvalue weighted by atomic mass is 9.92. The summed E-state index contributed by atoms with van der Waals surface area (Å²) >= 11 is 0. The fraction of sp³-hybridized carbons (Fsp3) is 0.696. The van der Waals surface area contributed by atoms with Crippen LogP contribution in [0.4, 0.5) is 0 Å². The van der Waals surface area contributed by atoms with Crippen molar-refractivity contribution in [1.29, 1.82) is 0 Å². The van der Waals surface area contributed by atoms with Gasteiger partial charge in [-0.3, -0.25) is 9.89 Å². The van der Waals surface area contributed by atoms with Gasteiger partial charge in [0.25, 0.3) is 0 Å². The minimum Gasteiger partial charge on any atom is -0.490 e. The molecule has 0 radical (unpaired) electrons. The molecule has 0 spiro atoms. The standard InChI is InChI=1S/C23H38N4O3.HI/c1-4-19(5-2)20(27-9-13-28-14-10-27)17-26-23(24-3)25-16-18-7-8-21-22(15-18)30-12-6-11-29-21;/h7-8,15,19-20H,4-6,9-14,16-17H2,1-3H3,(H2,24,25,26);1H. The van der Waals surface area contributed by atoms with Crippen LogP contribution in [-0.2, 0) is 11.3 Å². The number of aliphatic imine (C=N–C) groups is 1. The molecule has 8 heteroatoms. The topological polar surface area (TPSA) is 67.4 Å². The highest BCUT2D eigenvalue weighted by Gasteiger charge is 2.27. The lowest BCUT2D eigenvalue weighted by Crippen LogP contribution is -2.53. The molecule has 3 rings (SSSR count). The lowest BCUT2D eigenvalue weighted by Gasteiger charge is -2.39. The van der Waals surface area contributed by atoms with Crippen LogP contribution in [-0.4, -0.2) is 70.0 Å². The molecule has 0 amide bonds. The highest BCUT2D eigenvalue weighted by molar-refractivity contribution is 14.0. The van der Waals surface area contributed by atoms with Crippen molar-refractivity contribution in [2.45, 2.75) is 45.7 Å². The van der Waals surface area contributed by atoms with Crippen LogP contribution in [0, 0.1) is 5.92 Å². The molecule has 1 unspecified atom stereocenters. The first-order valence-electron chi connectivity index (χ1n) is 11.4. The number of rotatable bonds is 8. The molecule has 1 saturated heterocycles. The van der Waals surface area contributed by atoms with E-state index in [1.54, 1.807) is 0 Å². The second kappa shape index (κ2) is 14.0. The van der Waals surface area contributed by atoms with E-state index in [1.807, 2.05) is 13.1 Å². The Morgan fingerprint density at radius 1 is 1.03 bits per heavy atom. The zero-order valence-electron chi connectivity index (χ0n) is 19.2. The molecule has 1 aromatic carbocycles. The first kappa shape index (κ1) is 26.0. The summed E-state index contributed by atoms with van der Waals surface area (Å²) in [5, 5.41) is 7.00. The van der Waals surface area contributed by atoms with Gasteiger partial charge in [-0.2, -0.15) is 0 Å². The van der Waals surface area contributed by atoms with Gasteiger partial charge in [-0.05, 0) is 23.6 Å². The molecule has 0 bridgehead atoms. The highest BCUT2D eigenvalue weighted by Crippen LogP contribution is 2.30. The summed E-state index contributed by atoms with van der Waals surface area (Å²) in [4.78, 5) is 7.00. The van der Waals surface area contributed by atoms with Crippen molar-refractivity contribution in [3.8, 4) is 11.5 Å².